The van der Waals surface area contributed by atoms with E-state index in [-0.39, 0.29) is 5.92 Å². The van der Waals surface area contributed by atoms with Crippen LogP contribution in [-0.2, 0) is 6.42 Å². The average Bonchev–Trinajstić information content (AvgIpc) is 2.99. The molecule has 0 saturated heterocycles. The Morgan fingerprint density at radius 3 is 2.27 bits per heavy atom. The lowest BCUT2D eigenvalue weighted by molar-refractivity contribution is 0.340. The summed E-state index contributed by atoms with van der Waals surface area (Å²) in [5, 5.41) is 0. The molecule has 0 aromatic heterocycles. The van der Waals surface area contributed by atoms with E-state index in [0.29, 0.717) is 13.2 Å². The summed E-state index contributed by atoms with van der Waals surface area (Å²) in [6, 6.07) is 30.9. The van der Waals surface area contributed by atoms with Crippen LogP contribution in [0.3, 0.4) is 0 Å². The third-order valence-corrected chi connectivity index (χ3v) is 7.15. The van der Waals surface area contributed by atoms with Gasteiger partial charge in [0.15, 0.2) is 11.5 Å². The van der Waals surface area contributed by atoms with Gasteiger partial charge < -0.3 is 18.9 Å². The molecule has 0 radical (unpaired) electrons. The number of allylic oxidation sites excluding steroid dienone is 1. The van der Waals surface area contributed by atoms with Crippen molar-refractivity contribution in [1.82, 2.24) is 0 Å². The van der Waals surface area contributed by atoms with Crippen molar-refractivity contribution in [2.75, 3.05) is 27.4 Å². The second-order valence-corrected chi connectivity index (χ2v) is 9.65. The number of aliphatic imine (C=N–C) groups is 1. The van der Waals surface area contributed by atoms with Gasteiger partial charge in [0.1, 0.15) is 17.3 Å². The van der Waals surface area contributed by atoms with E-state index in [1.165, 1.54) is 11.1 Å². The number of hydrogen-bond acceptors (Lipinski definition) is 5. The number of methoxy groups -OCH3 is 2. The molecule has 5 rings (SSSR count). The maximum atomic E-state index is 6.61. The van der Waals surface area contributed by atoms with E-state index in [2.05, 4.69) is 61.5 Å². The van der Waals surface area contributed by atoms with E-state index in [1.54, 1.807) is 14.2 Å². The van der Waals surface area contributed by atoms with E-state index < -0.39 is 0 Å². The zero-order valence-electron chi connectivity index (χ0n) is 23.5. The highest BCUT2D eigenvalue weighted by molar-refractivity contribution is 5.94. The minimum Gasteiger partial charge on any atom is -0.494 e. The molecule has 0 bridgehead atoms. The molecular weight excluding hydrogens is 498 g/mol. The van der Waals surface area contributed by atoms with Crippen LogP contribution in [0, 0.1) is 6.92 Å². The summed E-state index contributed by atoms with van der Waals surface area (Å²) in [7, 11) is 3.30. The molecule has 1 heterocycles. The van der Waals surface area contributed by atoms with Gasteiger partial charge in [0.05, 0.1) is 20.8 Å². The van der Waals surface area contributed by atoms with Gasteiger partial charge in [-0.15, -0.1) is 0 Å². The van der Waals surface area contributed by atoms with Crippen LogP contribution in [0.15, 0.2) is 102 Å². The Morgan fingerprint density at radius 1 is 0.825 bits per heavy atom. The van der Waals surface area contributed by atoms with Gasteiger partial charge in [0.2, 0.25) is 0 Å². The molecule has 1 unspecified atom stereocenters. The Hall–Kier alpha value is -4.51. The molecule has 5 nitrogen and oxygen atoms in total. The third kappa shape index (κ3) is 5.74. The van der Waals surface area contributed by atoms with Crippen molar-refractivity contribution < 1.29 is 18.9 Å². The summed E-state index contributed by atoms with van der Waals surface area (Å²) in [4.78, 5) is 4.93. The molecule has 1 aliphatic heterocycles. The van der Waals surface area contributed by atoms with Crippen molar-refractivity contribution in [3.05, 3.63) is 124 Å². The molecule has 0 aliphatic carbocycles. The fourth-order valence-corrected chi connectivity index (χ4v) is 5.15. The summed E-state index contributed by atoms with van der Waals surface area (Å²) < 4.78 is 23.2. The summed E-state index contributed by atoms with van der Waals surface area (Å²) in [6.45, 7) is 5.40. The molecule has 0 saturated carbocycles. The maximum absolute atomic E-state index is 6.61. The first-order valence-electron chi connectivity index (χ1n) is 13.6. The van der Waals surface area contributed by atoms with E-state index >= 15 is 0 Å². The highest BCUT2D eigenvalue weighted by atomic mass is 16.5. The quantitative estimate of drug-likeness (QED) is 0.196. The van der Waals surface area contributed by atoms with Crippen LogP contribution in [0.1, 0.15) is 40.7 Å². The first-order valence-corrected chi connectivity index (χ1v) is 13.6. The van der Waals surface area contributed by atoms with Crippen LogP contribution in [0.5, 0.6) is 23.0 Å². The van der Waals surface area contributed by atoms with Gasteiger partial charge in [-0.3, -0.25) is 4.99 Å². The van der Waals surface area contributed by atoms with E-state index in [1.807, 2.05) is 49.5 Å². The number of fused-ring (bicyclic) bond motifs is 1. The molecule has 4 aromatic carbocycles. The lowest BCUT2D eigenvalue weighted by Gasteiger charge is -2.30. The molecule has 0 N–H and O–H groups in total. The van der Waals surface area contributed by atoms with Crippen molar-refractivity contribution in [3.8, 4) is 23.0 Å². The second-order valence-electron chi connectivity index (χ2n) is 9.65. The summed E-state index contributed by atoms with van der Waals surface area (Å²) in [5.74, 6) is 3.94. The summed E-state index contributed by atoms with van der Waals surface area (Å²) in [5.41, 5.74) is 6.75. The van der Waals surface area contributed by atoms with Gasteiger partial charge in [0, 0.05) is 35.4 Å². The van der Waals surface area contributed by atoms with Gasteiger partial charge in [-0.2, -0.15) is 0 Å². The zero-order chi connectivity index (χ0) is 27.9. The Bertz CT molecular complexity index is 1520. The number of aryl methyl sites for hydroxylation is 1. The number of ether oxygens (including phenoxy) is 4. The van der Waals surface area contributed by atoms with E-state index in [9.17, 15) is 0 Å². The topological polar surface area (TPSA) is 49.3 Å². The third-order valence-electron chi connectivity index (χ3n) is 7.15. The highest BCUT2D eigenvalue weighted by Crippen LogP contribution is 2.46. The normalized spacial score (nSPS) is 14.6. The van der Waals surface area contributed by atoms with Crippen molar-refractivity contribution >= 4 is 12.0 Å². The lowest BCUT2D eigenvalue weighted by atomic mass is 9.80. The van der Waals surface area contributed by atoms with Crippen LogP contribution in [-0.4, -0.2) is 33.6 Å². The molecule has 4 aromatic rings. The monoisotopic (exact) mass is 533 g/mol. The molecule has 5 heteroatoms. The molecule has 0 fully saturated rings. The molecule has 0 spiro atoms. The molecule has 1 aliphatic rings. The van der Waals surface area contributed by atoms with Gasteiger partial charge in [-0.05, 0) is 79.4 Å². The Morgan fingerprint density at radius 2 is 1.55 bits per heavy atom. The fourth-order valence-electron chi connectivity index (χ4n) is 5.15. The fraction of sp³-hybridized carbons (Fsp3) is 0.229. The van der Waals surface area contributed by atoms with Gasteiger partial charge in [0.25, 0.3) is 0 Å². The van der Waals surface area contributed by atoms with Crippen LogP contribution in [0.25, 0.3) is 5.76 Å². The largest absolute Gasteiger partial charge is 0.494 e. The molecule has 1 atom stereocenters. The van der Waals surface area contributed by atoms with Crippen molar-refractivity contribution in [3.63, 3.8) is 0 Å². The molecule has 0 amide bonds. The second kappa shape index (κ2) is 12.6. The number of rotatable bonds is 10. The number of benzene rings is 4. The van der Waals surface area contributed by atoms with Gasteiger partial charge in [-0.1, -0.05) is 48.5 Å². The van der Waals surface area contributed by atoms with E-state index in [4.69, 9.17) is 23.9 Å². The lowest BCUT2D eigenvalue weighted by Crippen LogP contribution is -2.18. The van der Waals surface area contributed by atoms with Crippen LogP contribution in [0.4, 0.5) is 0 Å². The Kier molecular flexibility index (Phi) is 8.50. The van der Waals surface area contributed by atoms with Crippen LogP contribution in [0.2, 0.25) is 0 Å². The Labute approximate surface area is 236 Å². The molecule has 40 heavy (non-hydrogen) atoms. The SMILES string of the molecule is CCOc1ccc(C2=C(C=NCCc3ccc(OC)c(OC)c3)C(c3ccccc3C)c3ccccc3O2)cc1. The number of nitrogens with zero attached hydrogens (tertiary/aromatic N) is 1. The van der Waals surface area contributed by atoms with Gasteiger partial charge >= 0.3 is 0 Å². The number of para-hydroxylation sites is 1. The first-order chi connectivity index (χ1) is 19.6. The van der Waals surface area contributed by atoms with Crippen molar-refractivity contribution in [2.45, 2.75) is 26.2 Å². The maximum Gasteiger partial charge on any atom is 0.160 e. The highest BCUT2D eigenvalue weighted by Gasteiger charge is 2.31. The predicted octanol–water partition coefficient (Wildman–Crippen LogP) is 7.66. The Balaban J connectivity index is 1.55. The zero-order valence-corrected chi connectivity index (χ0v) is 23.5. The summed E-state index contributed by atoms with van der Waals surface area (Å²) in [6.07, 6.45) is 2.77. The van der Waals surface area contributed by atoms with Crippen molar-refractivity contribution in [2.24, 2.45) is 4.99 Å². The van der Waals surface area contributed by atoms with Crippen LogP contribution < -0.4 is 18.9 Å². The standard InChI is InChI=1S/C35H35NO4/c1-5-39-27-17-15-26(16-18-27)35-30(23-36-21-20-25-14-19-32(37-3)33(22-25)38-4)34(28-11-7-6-10-24(28)2)29-12-8-9-13-31(29)40-35/h6-19,22-23,34H,5,20-21H2,1-4H3. The summed E-state index contributed by atoms with van der Waals surface area (Å²) >= 11 is 0. The first kappa shape index (κ1) is 27.1. The minimum atomic E-state index is -0.0162. The van der Waals surface area contributed by atoms with Gasteiger partial charge in [-0.25, -0.2) is 0 Å². The molecular formula is C35H35NO4. The van der Waals surface area contributed by atoms with Crippen LogP contribution >= 0.6 is 0 Å². The minimum absolute atomic E-state index is 0.0162. The van der Waals surface area contributed by atoms with Crippen molar-refractivity contribution in [1.29, 1.82) is 0 Å². The average molecular weight is 534 g/mol. The van der Waals surface area contributed by atoms with E-state index in [0.717, 1.165) is 57.4 Å². The number of hydrogen-bond donors (Lipinski definition) is 0. The smallest absolute Gasteiger partial charge is 0.160 e. The molecule has 204 valence electrons. The predicted molar refractivity (Wildman–Crippen MR) is 161 cm³/mol.